The zero-order valence-corrected chi connectivity index (χ0v) is 24.1. The highest BCUT2D eigenvalue weighted by Gasteiger charge is 2.31. The predicted octanol–water partition coefficient (Wildman–Crippen LogP) is 1.28. The van der Waals surface area contributed by atoms with E-state index in [0.29, 0.717) is 44.0 Å². The van der Waals surface area contributed by atoms with Crippen LogP contribution in [0.4, 0.5) is 4.79 Å². The minimum Gasteiger partial charge on any atom is -0.492 e. The fourth-order valence-corrected chi connectivity index (χ4v) is 4.56. The number of amides is 5. The summed E-state index contributed by atoms with van der Waals surface area (Å²) in [6, 6.07) is 11.3. The molecule has 0 spiro atoms. The van der Waals surface area contributed by atoms with Crippen LogP contribution >= 0.6 is 11.6 Å². The molecule has 0 aliphatic carbocycles. The minimum absolute atomic E-state index is 0.205. The SMILES string of the molecule is CC(C)[C@H]1NC(=O)[C@@H](Cc2ccc(Cl)cc2)NCCOc2ccccc2CCCNC(=O)[C@H](CNC(N)=O)NC1=O. The van der Waals surface area contributed by atoms with Crippen molar-refractivity contribution in [1.29, 1.82) is 0 Å². The van der Waals surface area contributed by atoms with Gasteiger partial charge < -0.3 is 37.1 Å². The highest BCUT2D eigenvalue weighted by Crippen LogP contribution is 2.19. The van der Waals surface area contributed by atoms with Crippen LogP contribution in [0.25, 0.3) is 0 Å². The fraction of sp³-hybridized carbons (Fsp3) is 0.448. The number of aryl methyl sites for hydroxylation is 1. The standard InChI is InChI=1S/C29H39ClN6O5/c1-18(2)25-28(39)35-23(17-34-29(31)40)26(37)33-13-5-7-20-6-3-4-8-24(20)41-15-14-32-22(27(38)36-25)16-19-9-11-21(30)12-10-19/h3-4,6,8-12,18,22-23,25,32H,5,7,13-17H2,1-2H3,(H,33,37)(H,35,39)(H,36,38)(H3,31,34,40)/t22-,23+,25-/m1/s1. The number of nitrogens with one attached hydrogen (secondary N) is 5. The quantitative estimate of drug-likeness (QED) is 0.309. The third-order valence-corrected chi connectivity index (χ3v) is 6.93. The number of nitrogens with two attached hydrogens (primary N) is 1. The van der Waals surface area contributed by atoms with Gasteiger partial charge in [-0.15, -0.1) is 0 Å². The van der Waals surface area contributed by atoms with Crippen LogP contribution in [0.5, 0.6) is 5.75 Å². The van der Waals surface area contributed by atoms with Crippen molar-refractivity contribution in [3.05, 3.63) is 64.7 Å². The van der Waals surface area contributed by atoms with Crippen molar-refractivity contribution in [2.24, 2.45) is 11.7 Å². The Morgan fingerprint density at radius 2 is 1.73 bits per heavy atom. The number of rotatable bonds is 5. The van der Waals surface area contributed by atoms with E-state index < -0.39 is 36.0 Å². The van der Waals surface area contributed by atoms with Crippen molar-refractivity contribution in [3.63, 3.8) is 0 Å². The Kier molecular flexibility index (Phi) is 12.2. The summed E-state index contributed by atoms with van der Waals surface area (Å²) in [5, 5.41) is 14.6. The first-order valence-corrected chi connectivity index (χ1v) is 14.1. The smallest absolute Gasteiger partial charge is 0.312 e. The molecular weight excluding hydrogens is 548 g/mol. The lowest BCUT2D eigenvalue weighted by Crippen LogP contribution is -2.60. The monoisotopic (exact) mass is 586 g/mol. The molecule has 2 aromatic carbocycles. The predicted molar refractivity (Wildman–Crippen MR) is 156 cm³/mol. The molecule has 2 aromatic rings. The maximum Gasteiger partial charge on any atom is 0.312 e. The average molecular weight is 587 g/mol. The molecule has 0 bridgehead atoms. The lowest BCUT2D eigenvalue weighted by atomic mass is 10.0. The van der Waals surface area contributed by atoms with E-state index in [1.165, 1.54) is 0 Å². The van der Waals surface area contributed by atoms with Gasteiger partial charge in [-0.3, -0.25) is 14.4 Å². The Morgan fingerprint density at radius 1 is 1.00 bits per heavy atom. The van der Waals surface area contributed by atoms with Gasteiger partial charge in [-0.05, 0) is 54.5 Å². The molecule has 1 aliphatic heterocycles. The zero-order chi connectivity index (χ0) is 29.8. The normalized spacial score (nSPS) is 21.3. The second-order valence-corrected chi connectivity index (χ2v) is 10.7. The Balaban J connectivity index is 1.86. The topological polar surface area (TPSA) is 164 Å². The molecule has 3 atom stereocenters. The highest BCUT2D eigenvalue weighted by atomic mass is 35.5. The third-order valence-electron chi connectivity index (χ3n) is 6.67. The second kappa shape index (κ2) is 15.8. The number of carbonyl (C=O) groups is 4. The number of ether oxygens (including phenoxy) is 1. The van der Waals surface area contributed by atoms with Gasteiger partial charge in [0.15, 0.2) is 0 Å². The van der Waals surface area contributed by atoms with Gasteiger partial charge in [0.05, 0.1) is 6.04 Å². The number of primary amides is 1. The fourth-order valence-electron chi connectivity index (χ4n) is 4.43. The molecule has 0 fully saturated rings. The Hall–Kier alpha value is -3.83. The van der Waals surface area contributed by atoms with Crippen LogP contribution in [0.1, 0.15) is 31.4 Å². The first-order chi connectivity index (χ1) is 19.6. The molecule has 0 aromatic heterocycles. The van der Waals surface area contributed by atoms with Gasteiger partial charge in [0, 0.05) is 24.7 Å². The van der Waals surface area contributed by atoms with E-state index in [1.807, 2.05) is 36.4 Å². The average Bonchev–Trinajstić information content (AvgIpc) is 2.94. The van der Waals surface area contributed by atoms with Crippen LogP contribution in [0.15, 0.2) is 48.5 Å². The molecule has 0 unspecified atom stereocenters. The van der Waals surface area contributed by atoms with Crippen LogP contribution in [-0.2, 0) is 27.2 Å². The number of hydrogen-bond acceptors (Lipinski definition) is 6. The van der Waals surface area contributed by atoms with E-state index in [-0.39, 0.29) is 18.4 Å². The first-order valence-electron chi connectivity index (χ1n) is 13.7. The lowest BCUT2D eigenvalue weighted by Gasteiger charge is -2.27. The molecule has 3 rings (SSSR count). The van der Waals surface area contributed by atoms with Crippen molar-refractivity contribution >= 4 is 35.4 Å². The van der Waals surface area contributed by atoms with Gasteiger partial charge in [-0.2, -0.15) is 0 Å². The van der Waals surface area contributed by atoms with Crippen LogP contribution in [0.3, 0.4) is 0 Å². The Labute approximate surface area is 245 Å². The highest BCUT2D eigenvalue weighted by molar-refractivity contribution is 6.30. The molecule has 7 N–H and O–H groups in total. The molecule has 1 aliphatic rings. The first kappa shape index (κ1) is 31.7. The Morgan fingerprint density at radius 3 is 2.44 bits per heavy atom. The van der Waals surface area contributed by atoms with E-state index in [4.69, 9.17) is 22.1 Å². The minimum atomic E-state index is -1.09. The summed E-state index contributed by atoms with van der Waals surface area (Å²) in [5.74, 6) is -0.978. The van der Waals surface area contributed by atoms with E-state index in [2.05, 4.69) is 26.6 Å². The van der Waals surface area contributed by atoms with Crippen LogP contribution < -0.4 is 37.1 Å². The zero-order valence-electron chi connectivity index (χ0n) is 23.4. The van der Waals surface area contributed by atoms with E-state index >= 15 is 0 Å². The molecule has 41 heavy (non-hydrogen) atoms. The molecule has 11 nitrogen and oxygen atoms in total. The number of benzene rings is 2. The molecule has 12 heteroatoms. The van der Waals surface area contributed by atoms with Crippen LogP contribution in [-0.4, -0.2) is 68.1 Å². The molecule has 0 saturated carbocycles. The number of para-hydroxylation sites is 1. The van der Waals surface area contributed by atoms with E-state index in [1.54, 1.807) is 26.0 Å². The molecule has 1 heterocycles. The molecule has 5 amide bonds. The van der Waals surface area contributed by atoms with Crippen LogP contribution in [0.2, 0.25) is 5.02 Å². The lowest BCUT2D eigenvalue weighted by molar-refractivity contribution is -0.133. The van der Waals surface area contributed by atoms with Gasteiger partial charge in [0.2, 0.25) is 17.7 Å². The van der Waals surface area contributed by atoms with Crippen molar-refractivity contribution < 1.29 is 23.9 Å². The van der Waals surface area contributed by atoms with E-state index in [0.717, 1.165) is 16.9 Å². The summed E-state index contributed by atoms with van der Waals surface area (Å²) in [6.07, 6.45) is 1.62. The maximum atomic E-state index is 13.5. The Bertz CT molecular complexity index is 1190. The van der Waals surface area contributed by atoms with Gasteiger partial charge >= 0.3 is 6.03 Å². The summed E-state index contributed by atoms with van der Waals surface area (Å²) in [5.41, 5.74) is 7.08. The molecule has 222 valence electrons. The van der Waals surface area contributed by atoms with Crippen molar-refractivity contribution in [2.75, 3.05) is 26.2 Å². The molecule has 0 saturated heterocycles. The van der Waals surface area contributed by atoms with Crippen LogP contribution in [0, 0.1) is 5.92 Å². The van der Waals surface area contributed by atoms with Gasteiger partial charge in [0.25, 0.3) is 0 Å². The second-order valence-electron chi connectivity index (χ2n) is 10.2. The maximum absolute atomic E-state index is 13.5. The third kappa shape index (κ3) is 10.3. The van der Waals surface area contributed by atoms with Crippen molar-refractivity contribution in [1.82, 2.24) is 26.6 Å². The summed E-state index contributed by atoms with van der Waals surface area (Å²) < 4.78 is 6.04. The summed E-state index contributed by atoms with van der Waals surface area (Å²) in [7, 11) is 0. The van der Waals surface area contributed by atoms with Crippen molar-refractivity contribution in [2.45, 2.75) is 51.2 Å². The number of hydrogen-bond donors (Lipinski definition) is 6. The largest absolute Gasteiger partial charge is 0.492 e. The number of fused-ring (bicyclic) bond motifs is 1. The van der Waals surface area contributed by atoms with E-state index in [9.17, 15) is 19.2 Å². The number of halogens is 1. The summed E-state index contributed by atoms with van der Waals surface area (Å²) >= 11 is 6.04. The van der Waals surface area contributed by atoms with Gasteiger partial charge in [-0.1, -0.05) is 55.8 Å². The number of carbonyl (C=O) groups excluding carboxylic acids is 4. The molecular formula is C29H39ClN6O5. The summed E-state index contributed by atoms with van der Waals surface area (Å²) in [4.78, 5) is 51.2. The number of urea groups is 1. The summed E-state index contributed by atoms with van der Waals surface area (Å²) in [6.45, 7) is 4.42. The van der Waals surface area contributed by atoms with Gasteiger partial charge in [0.1, 0.15) is 24.4 Å². The van der Waals surface area contributed by atoms with Gasteiger partial charge in [-0.25, -0.2) is 4.79 Å². The molecule has 0 radical (unpaired) electrons. The van der Waals surface area contributed by atoms with Crippen molar-refractivity contribution in [3.8, 4) is 5.75 Å².